The number of hydrogen-bond acceptors (Lipinski definition) is 9. The van der Waals surface area contributed by atoms with Gasteiger partial charge in [0.05, 0.1) is 54.2 Å². The van der Waals surface area contributed by atoms with Gasteiger partial charge in [0.2, 0.25) is 21.8 Å². The van der Waals surface area contributed by atoms with E-state index in [-0.39, 0.29) is 6.10 Å². The molecule has 4 heterocycles. The molecule has 0 amide bonds. The molecule has 11 nitrogen and oxygen atoms in total. The summed E-state index contributed by atoms with van der Waals surface area (Å²) in [5.41, 5.74) is 4.05. The van der Waals surface area contributed by atoms with Gasteiger partial charge in [0, 0.05) is 30.2 Å². The van der Waals surface area contributed by atoms with Crippen molar-refractivity contribution in [2.24, 2.45) is 0 Å². The molecule has 178 valence electrons. The fourth-order valence-corrected chi connectivity index (χ4v) is 4.65. The van der Waals surface area contributed by atoms with Gasteiger partial charge < -0.3 is 9.15 Å². The van der Waals surface area contributed by atoms with Gasteiger partial charge in [-0.1, -0.05) is 0 Å². The number of H-pyrrole nitrogens is 1. The molecule has 1 aliphatic heterocycles. The molecule has 0 saturated carbocycles. The van der Waals surface area contributed by atoms with Crippen molar-refractivity contribution in [3.8, 4) is 22.6 Å². The Bertz CT molecular complexity index is 1450. The third-order valence-electron chi connectivity index (χ3n) is 5.66. The van der Waals surface area contributed by atoms with Gasteiger partial charge in [0.25, 0.3) is 0 Å². The highest BCUT2D eigenvalue weighted by atomic mass is 32.2. The van der Waals surface area contributed by atoms with E-state index in [1.807, 2.05) is 19.1 Å². The maximum absolute atomic E-state index is 11.8. The van der Waals surface area contributed by atoms with Crippen molar-refractivity contribution < 1.29 is 17.6 Å². The van der Waals surface area contributed by atoms with Gasteiger partial charge in [0.1, 0.15) is 0 Å². The molecule has 2 N–H and O–H groups in total. The molecule has 1 atom stereocenters. The average Bonchev–Trinajstić information content (AvgIpc) is 3.43. The van der Waals surface area contributed by atoms with Gasteiger partial charge >= 0.3 is 0 Å². The molecule has 0 aliphatic carbocycles. The highest BCUT2D eigenvalue weighted by Crippen LogP contribution is 2.34. The van der Waals surface area contributed by atoms with Gasteiger partial charge in [-0.3, -0.25) is 19.7 Å². The van der Waals surface area contributed by atoms with Crippen LogP contribution in [0.1, 0.15) is 18.5 Å². The zero-order valence-electron chi connectivity index (χ0n) is 19.1. The second-order valence-electron chi connectivity index (χ2n) is 8.50. The van der Waals surface area contributed by atoms with Crippen LogP contribution >= 0.6 is 0 Å². The summed E-state index contributed by atoms with van der Waals surface area (Å²) in [6, 6.07) is 5.60. The van der Waals surface area contributed by atoms with Gasteiger partial charge in [0.15, 0.2) is 0 Å². The average molecular weight is 484 g/mol. The quantitative estimate of drug-likeness (QED) is 0.423. The first kappa shape index (κ1) is 22.4. The summed E-state index contributed by atoms with van der Waals surface area (Å²) in [7, 11) is -3.44. The summed E-state index contributed by atoms with van der Waals surface area (Å²) in [4.78, 5) is 6.59. The summed E-state index contributed by atoms with van der Waals surface area (Å²) in [5.74, 6) is 0.918. The Hall–Kier alpha value is -3.35. The number of aromatic nitrogens is 5. The van der Waals surface area contributed by atoms with Crippen molar-refractivity contribution in [1.82, 2.24) is 30.3 Å². The van der Waals surface area contributed by atoms with E-state index in [4.69, 9.17) is 9.15 Å². The number of fused-ring (bicyclic) bond motifs is 1. The fraction of sp³-hybridized carbons (Fsp3) is 0.364. The Morgan fingerprint density at radius 2 is 2.06 bits per heavy atom. The highest BCUT2D eigenvalue weighted by Gasteiger charge is 2.21. The minimum atomic E-state index is -3.44. The van der Waals surface area contributed by atoms with Crippen molar-refractivity contribution in [3.05, 3.63) is 42.2 Å². The van der Waals surface area contributed by atoms with E-state index >= 15 is 0 Å². The van der Waals surface area contributed by atoms with Crippen molar-refractivity contribution in [2.75, 3.05) is 30.7 Å². The van der Waals surface area contributed by atoms with E-state index in [1.165, 1.54) is 0 Å². The minimum absolute atomic E-state index is 0.170. The molecule has 1 unspecified atom stereocenters. The second-order valence-corrected chi connectivity index (χ2v) is 10.3. The largest absolute Gasteiger partial charge is 0.419 e. The van der Waals surface area contributed by atoms with E-state index < -0.39 is 10.0 Å². The summed E-state index contributed by atoms with van der Waals surface area (Å²) in [5, 5.41) is 16.5. The van der Waals surface area contributed by atoms with Crippen LogP contribution in [0.15, 0.2) is 35.0 Å². The van der Waals surface area contributed by atoms with Crippen molar-refractivity contribution >= 4 is 26.6 Å². The number of ether oxygens (including phenoxy) is 1. The Balaban J connectivity index is 1.50. The standard InChI is InChI=1S/C22H25N7O4S/c1-13-11-29(4-5-32-13)12-21-26-27-22(33-21)17-6-15(7-20-18(17)10-24-25-20)16-8-19(14(2)23-9-16)28-34(3,30)31/h6-10,13,28H,4-5,11-12H2,1-3H3,(H,24,25). The number of aryl methyl sites for hydroxylation is 1. The van der Waals surface area contributed by atoms with Crippen LogP contribution in [0.3, 0.4) is 0 Å². The predicted octanol–water partition coefficient (Wildman–Crippen LogP) is 2.58. The SMILES string of the molecule is Cc1ncc(-c2cc(-c3nnc(CN4CCOC(C)C4)o3)c3cn[nH]c3c2)cc1NS(C)(=O)=O. The zero-order chi connectivity index (χ0) is 23.9. The monoisotopic (exact) mass is 483 g/mol. The van der Waals surface area contributed by atoms with E-state index in [9.17, 15) is 8.42 Å². The summed E-state index contributed by atoms with van der Waals surface area (Å²) in [6.45, 7) is 6.65. The molecule has 3 aromatic heterocycles. The molecule has 4 aromatic rings. The lowest BCUT2D eigenvalue weighted by molar-refractivity contribution is -0.0235. The molecule has 0 bridgehead atoms. The number of sulfonamides is 1. The Kier molecular flexibility index (Phi) is 5.80. The molecular weight excluding hydrogens is 458 g/mol. The molecule has 1 saturated heterocycles. The number of rotatable bonds is 6. The van der Waals surface area contributed by atoms with Crippen LogP contribution in [0.5, 0.6) is 0 Å². The minimum Gasteiger partial charge on any atom is -0.419 e. The number of anilines is 1. The number of benzene rings is 1. The van der Waals surface area contributed by atoms with Gasteiger partial charge in [-0.25, -0.2) is 8.42 Å². The molecule has 1 aromatic carbocycles. The number of nitrogens with one attached hydrogen (secondary N) is 2. The maximum Gasteiger partial charge on any atom is 0.248 e. The second kappa shape index (κ2) is 8.78. The van der Waals surface area contributed by atoms with Crippen LogP contribution in [0.4, 0.5) is 5.69 Å². The Labute approximate surface area is 196 Å². The van der Waals surface area contributed by atoms with Crippen LogP contribution in [0, 0.1) is 6.92 Å². The summed E-state index contributed by atoms with van der Waals surface area (Å²) >= 11 is 0. The lowest BCUT2D eigenvalue weighted by atomic mass is 10.0. The van der Waals surface area contributed by atoms with Gasteiger partial charge in [-0.2, -0.15) is 5.10 Å². The number of hydrogen-bond donors (Lipinski definition) is 2. The van der Waals surface area contributed by atoms with Crippen LogP contribution in [-0.4, -0.2) is 70.8 Å². The Morgan fingerprint density at radius 1 is 1.21 bits per heavy atom. The molecule has 1 fully saturated rings. The van der Waals surface area contributed by atoms with Gasteiger partial charge in [-0.05, 0) is 37.6 Å². The third kappa shape index (κ3) is 4.79. The molecule has 12 heteroatoms. The van der Waals surface area contributed by atoms with E-state index in [0.717, 1.165) is 46.9 Å². The van der Waals surface area contributed by atoms with Crippen LogP contribution in [-0.2, 0) is 21.3 Å². The molecule has 5 rings (SSSR count). The molecule has 0 radical (unpaired) electrons. The fourth-order valence-electron chi connectivity index (χ4n) is 4.04. The molecule has 0 spiro atoms. The van der Waals surface area contributed by atoms with Gasteiger partial charge in [-0.15, -0.1) is 10.2 Å². The van der Waals surface area contributed by atoms with E-state index in [0.29, 0.717) is 36.3 Å². The third-order valence-corrected chi connectivity index (χ3v) is 6.25. The number of nitrogens with zero attached hydrogens (tertiary/aromatic N) is 5. The predicted molar refractivity (Wildman–Crippen MR) is 127 cm³/mol. The first-order valence-electron chi connectivity index (χ1n) is 10.8. The summed E-state index contributed by atoms with van der Waals surface area (Å²) < 4.78 is 37.7. The van der Waals surface area contributed by atoms with Crippen molar-refractivity contribution in [3.63, 3.8) is 0 Å². The van der Waals surface area contributed by atoms with Crippen LogP contribution in [0.25, 0.3) is 33.5 Å². The molecular formula is C22H25N7O4S. The topological polar surface area (TPSA) is 139 Å². The number of morpholine rings is 1. The number of pyridine rings is 1. The lowest BCUT2D eigenvalue weighted by Gasteiger charge is -2.29. The van der Waals surface area contributed by atoms with Crippen LogP contribution in [0.2, 0.25) is 0 Å². The van der Waals surface area contributed by atoms with E-state index in [1.54, 1.807) is 25.4 Å². The zero-order valence-corrected chi connectivity index (χ0v) is 19.9. The maximum atomic E-state index is 11.8. The molecule has 34 heavy (non-hydrogen) atoms. The van der Waals surface area contributed by atoms with E-state index in [2.05, 4.69) is 35.0 Å². The first-order valence-corrected chi connectivity index (χ1v) is 12.7. The lowest BCUT2D eigenvalue weighted by Crippen LogP contribution is -2.40. The summed E-state index contributed by atoms with van der Waals surface area (Å²) in [6.07, 6.45) is 4.69. The van der Waals surface area contributed by atoms with Crippen LogP contribution < -0.4 is 4.72 Å². The number of aromatic amines is 1. The normalized spacial score (nSPS) is 17.3. The smallest absolute Gasteiger partial charge is 0.248 e. The highest BCUT2D eigenvalue weighted by molar-refractivity contribution is 7.92. The van der Waals surface area contributed by atoms with Crippen molar-refractivity contribution in [1.29, 1.82) is 0 Å². The first-order chi connectivity index (χ1) is 16.2. The Morgan fingerprint density at radius 3 is 2.85 bits per heavy atom. The van der Waals surface area contributed by atoms with Crippen molar-refractivity contribution in [2.45, 2.75) is 26.5 Å². The molecule has 1 aliphatic rings.